The van der Waals surface area contributed by atoms with Crippen LogP contribution in [0, 0.1) is 0 Å². The van der Waals surface area contributed by atoms with Crippen molar-refractivity contribution in [1.29, 1.82) is 0 Å². The number of aliphatic carboxylic acids is 1. The van der Waals surface area contributed by atoms with Gasteiger partial charge < -0.3 is 51.4 Å². The summed E-state index contributed by atoms with van der Waals surface area (Å²) >= 11 is 0. The highest BCUT2D eigenvalue weighted by Gasteiger charge is 2.44. The van der Waals surface area contributed by atoms with Gasteiger partial charge in [0.15, 0.2) is 11.5 Å². The van der Waals surface area contributed by atoms with Crippen LogP contribution in [0.5, 0.6) is 0 Å². The number of nitrogens with zero attached hydrogens (tertiary/aromatic N) is 6. The summed E-state index contributed by atoms with van der Waals surface area (Å²) in [5.74, 6) is -2.63. The number of carboxylic acids is 1. The molecule has 2 aliphatic rings. The van der Waals surface area contributed by atoms with E-state index >= 15 is 0 Å². The molecule has 5 aromatic rings. The number of hydrogen-bond donors (Lipinski definition) is 8. The Bertz CT molecular complexity index is 2280. The Morgan fingerprint density at radius 1 is 0.825 bits per heavy atom. The lowest BCUT2D eigenvalue weighted by atomic mass is 9.91. The fourth-order valence-corrected chi connectivity index (χ4v) is 7.53. The number of piperidine rings is 1. The molecule has 4 heterocycles. The summed E-state index contributed by atoms with van der Waals surface area (Å²) in [6, 6.07) is 24.3. The Labute approximate surface area is 359 Å². The van der Waals surface area contributed by atoms with Gasteiger partial charge in [-0.25, -0.2) is 29.5 Å². The molecule has 21 heteroatoms. The molecule has 3 aromatic heterocycles. The zero-order valence-electron chi connectivity index (χ0n) is 34.1. The number of fused-ring (bicyclic) bond motifs is 1. The van der Waals surface area contributed by atoms with Gasteiger partial charge in [-0.2, -0.15) is 13.2 Å². The van der Waals surface area contributed by atoms with E-state index in [1.165, 1.54) is 13.3 Å². The largest absolute Gasteiger partial charge is 0.490 e. The number of hydrogen-bond acceptors (Lipinski definition) is 12. The van der Waals surface area contributed by atoms with Gasteiger partial charge in [-0.05, 0) is 42.5 Å². The van der Waals surface area contributed by atoms with Gasteiger partial charge in [0.05, 0.1) is 18.4 Å². The quantitative estimate of drug-likeness (QED) is 0.0794. The molecule has 2 aromatic carbocycles. The molecule has 4 atom stereocenters. The number of aromatic nitrogens is 5. The number of carbonyl (C=O) groups excluding carboxylic acids is 3. The molecule has 18 nitrogen and oxygen atoms in total. The topological polar surface area (TPSA) is 249 Å². The van der Waals surface area contributed by atoms with Crippen LogP contribution in [0.15, 0.2) is 91.4 Å². The van der Waals surface area contributed by atoms with Crippen LogP contribution in [0.25, 0.3) is 11.2 Å². The van der Waals surface area contributed by atoms with Crippen molar-refractivity contribution in [3.05, 3.63) is 108 Å². The van der Waals surface area contributed by atoms with E-state index < -0.39 is 42.3 Å². The number of benzene rings is 2. The van der Waals surface area contributed by atoms with E-state index in [1.807, 2.05) is 54.6 Å². The van der Waals surface area contributed by atoms with Crippen LogP contribution in [0.4, 0.5) is 29.6 Å². The highest BCUT2D eigenvalue weighted by atomic mass is 19.4. The number of aliphatic hydroxyl groups excluding tert-OH is 2. The molecule has 1 saturated carbocycles. The molecule has 1 saturated heterocycles. The van der Waals surface area contributed by atoms with Gasteiger partial charge in [-0.3, -0.25) is 9.59 Å². The summed E-state index contributed by atoms with van der Waals surface area (Å²) in [6.45, 7) is 3.61. The first kappa shape index (κ1) is 45.7. The van der Waals surface area contributed by atoms with E-state index in [-0.39, 0.29) is 54.9 Å². The maximum Gasteiger partial charge on any atom is 0.490 e. The number of rotatable bonds is 13. The molecule has 4 amide bonds. The Morgan fingerprint density at radius 2 is 1.44 bits per heavy atom. The minimum absolute atomic E-state index is 0.0249. The number of amides is 4. The number of carbonyl (C=O) groups is 4. The zero-order chi connectivity index (χ0) is 45.1. The number of halogens is 3. The lowest BCUT2D eigenvalue weighted by Crippen LogP contribution is -2.49. The van der Waals surface area contributed by atoms with Crippen LogP contribution in [0.1, 0.15) is 59.9 Å². The highest BCUT2D eigenvalue weighted by Crippen LogP contribution is 2.34. The van der Waals surface area contributed by atoms with E-state index in [1.54, 1.807) is 10.8 Å². The smallest absolute Gasteiger partial charge is 0.475 e. The highest BCUT2D eigenvalue weighted by molar-refractivity contribution is 5.94. The lowest BCUT2D eigenvalue weighted by Gasteiger charge is -2.33. The van der Waals surface area contributed by atoms with Crippen molar-refractivity contribution in [3.8, 4) is 0 Å². The Balaban J connectivity index is 0.000000871. The fraction of sp³-hybridized carbons (Fsp3) is 0.381. The number of anilines is 2. The van der Waals surface area contributed by atoms with Gasteiger partial charge in [0.2, 0.25) is 11.7 Å². The first-order valence-corrected chi connectivity index (χ1v) is 20.2. The van der Waals surface area contributed by atoms with Crippen LogP contribution in [-0.2, 0) is 9.59 Å². The number of nitrogens with one attached hydrogen (secondary N) is 5. The monoisotopic (exact) mass is 875 g/mol. The minimum Gasteiger partial charge on any atom is -0.475 e. The second kappa shape index (κ2) is 20.8. The van der Waals surface area contributed by atoms with Crippen molar-refractivity contribution < 1.29 is 47.7 Å². The predicted octanol–water partition coefficient (Wildman–Crippen LogP) is 2.97. The fourth-order valence-electron chi connectivity index (χ4n) is 7.53. The van der Waals surface area contributed by atoms with E-state index in [0.29, 0.717) is 17.9 Å². The number of aliphatic hydroxyl groups is 2. The first-order chi connectivity index (χ1) is 30.2. The van der Waals surface area contributed by atoms with Crippen LogP contribution >= 0.6 is 0 Å². The lowest BCUT2D eigenvalue weighted by molar-refractivity contribution is -0.192. The zero-order valence-corrected chi connectivity index (χ0v) is 34.1. The van der Waals surface area contributed by atoms with Gasteiger partial charge in [-0.15, -0.1) is 0 Å². The van der Waals surface area contributed by atoms with Gasteiger partial charge in [0.1, 0.15) is 23.5 Å². The molecule has 0 spiro atoms. The van der Waals surface area contributed by atoms with Crippen LogP contribution in [-0.4, -0.2) is 127 Å². The molecule has 0 bridgehead atoms. The normalized spacial score (nSPS) is 18.9. The van der Waals surface area contributed by atoms with E-state index in [9.17, 15) is 37.8 Å². The Hall–Kier alpha value is -6.87. The first-order valence-electron chi connectivity index (χ1n) is 20.2. The number of carboxylic acid groups (broad SMARTS) is 1. The Morgan fingerprint density at radius 3 is 2.03 bits per heavy atom. The van der Waals surface area contributed by atoms with E-state index in [4.69, 9.17) is 9.90 Å². The maximum atomic E-state index is 13.6. The minimum atomic E-state index is -5.08. The molecule has 7 rings (SSSR count). The summed E-state index contributed by atoms with van der Waals surface area (Å²) in [5.41, 5.74) is 2.81. The van der Waals surface area contributed by atoms with Gasteiger partial charge in [0.25, 0.3) is 5.91 Å². The summed E-state index contributed by atoms with van der Waals surface area (Å²) in [4.78, 5) is 67.5. The third-order valence-corrected chi connectivity index (χ3v) is 10.6. The van der Waals surface area contributed by atoms with Gasteiger partial charge in [0, 0.05) is 57.8 Å². The third kappa shape index (κ3) is 11.9. The summed E-state index contributed by atoms with van der Waals surface area (Å²) < 4.78 is 33.4. The molecule has 334 valence electrons. The molecule has 0 unspecified atom stereocenters. The Kier molecular flexibility index (Phi) is 15.1. The molecule has 0 radical (unpaired) electrons. The predicted molar refractivity (Wildman–Crippen MR) is 224 cm³/mol. The second-order valence-corrected chi connectivity index (χ2v) is 15.0. The van der Waals surface area contributed by atoms with Gasteiger partial charge >= 0.3 is 18.2 Å². The third-order valence-electron chi connectivity index (χ3n) is 10.6. The van der Waals surface area contributed by atoms with Gasteiger partial charge in [-0.1, -0.05) is 66.7 Å². The molecule has 2 fully saturated rings. The molecule has 63 heavy (non-hydrogen) atoms. The molecular formula is C42H48F3N11O7. The summed E-state index contributed by atoms with van der Waals surface area (Å²) in [6.07, 6.45) is -2.48. The number of pyridine rings is 1. The standard InChI is InChI=1S/C40H47N11O5.C2HF3O2/c1-25(52)46-30-22-31(35(54)34(30)53)51-24-45-33-36(44-23-29(26-10-4-2-5-11-26)27-12-6-3-7-13-27)48-37(49-38(33)51)39(55)42-18-19-43-40(56)47-28-15-20-50(21-16-28)32-14-8-9-17-41-32;3-2(4,5)1(6)7/h2-14,17,24,28-31,34-35,53-54H,15-16,18-23H2,1H3,(H,42,55)(H,46,52)(H2,43,47,56)(H,44,48,49);(H,6,7)/t30-,31+,34+,35-;/m0./s1. The van der Waals surface area contributed by atoms with Crippen LogP contribution < -0.4 is 31.5 Å². The van der Waals surface area contributed by atoms with Crippen molar-refractivity contribution in [2.45, 2.75) is 68.6 Å². The number of alkyl halides is 3. The van der Waals surface area contributed by atoms with Crippen molar-refractivity contribution in [3.63, 3.8) is 0 Å². The average molecular weight is 876 g/mol. The van der Waals surface area contributed by atoms with Crippen molar-refractivity contribution >= 4 is 46.6 Å². The summed E-state index contributed by atoms with van der Waals surface area (Å²) in [5, 5.41) is 43.7. The molecule has 8 N–H and O–H groups in total. The van der Waals surface area contributed by atoms with E-state index in [2.05, 4.69) is 75.7 Å². The van der Waals surface area contributed by atoms with Crippen molar-refractivity contribution in [2.75, 3.05) is 42.9 Å². The number of urea groups is 1. The van der Waals surface area contributed by atoms with E-state index in [0.717, 1.165) is 42.9 Å². The van der Waals surface area contributed by atoms with Crippen LogP contribution in [0.3, 0.4) is 0 Å². The number of imidazole rings is 1. The molecule has 1 aliphatic heterocycles. The average Bonchev–Trinajstić information content (AvgIpc) is 3.82. The van der Waals surface area contributed by atoms with Crippen molar-refractivity contribution in [1.82, 2.24) is 45.8 Å². The second-order valence-electron chi connectivity index (χ2n) is 15.0. The maximum absolute atomic E-state index is 13.6. The molecule has 1 aliphatic carbocycles. The molecular weight excluding hydrogens is 828 g/mol. The SMILES string of the molecule is CC(=O)N[C@H]1C[C@@H](n2cnc3c(NCC(c4ccccc4)c4ccccc4)nc(C(=O)NCCNC(=O)NC4CCN(c5ccccn5)CC4)nc32)[C@H](O)[C@@H]1O.O=C(O)C(F)(F)F. The summed E-state index contributed by atoms with van der Waals surface area (Å²) in [7, 11) is 0. The van der Waals surface area contributed by atoms with Crippen LogP contribution in [0.2, 0.25) is 0 Å². The van der Waals surface area contributed by atoms with Crippen molar-refractivity contribution in [2.24, 2.45) is 0 Å².